The summed E-state index contributed by atoms with van der Waals surface area (Å²) in [6, 6.07) is -0.522. The number of aliphatic hydroxyl groups is 1. The Bertz CT molecular complexity index is 499. The van der Waals surface area contributed by atoms with Gasteiger partial charge < -0.3 is 30.9 Å². The van der Waals surface area contributed by atoms with Crippen molar-refractivity contribution < 1.29 is 29.7 Å². The summed E-state index contributed by atoms with van der Waals surface area (Å²) in [4.78, 5) is 38.7. The van der Waals surface area contributed by atoms with Gasteiger partial charge in [-0.25, -0.2) is 4.98 Å². The van der Waals surface area contributed by atoms with Gasteiger partial charge in [-0.2, -0.15) is 0 Å². The number of nitrogens with one attached hydrogen (secondary N) is 1. The Hall–Kier alpha value is -2.46. The zero-order chi connectivity index (χ0) is 20.7. The second kappa shape index (κ2) is 14.8. The van der Waals surface area contributed by atoms with E-state index in [1.54, 1.807) is 12.4 Å². The van der Waals surface area contributed by atoms with E-state index in [4.69, 9.17) is 30.6 Å². The molecule has 0 aliphatic carbocycles. The lowest BCUT2D eigenvalue weighted by atomic mass is 10.0. The zero-order valence-corrected chi connectivity index (χ0v) is 15.7. The van der Waals surface area contributed by atoms with Gasteiger partial charge in [-0.15, -0.1) is 0 Å². The summed E-state index contributed by atoms with van der Waals surface area (Å²) < 4.78 is 0. The second-order valence-corrected chi connectivity index (χ2v) is 5.79. The number of rotatable bonds is 7. The smallest absolute Gasteiger partial charge is 0.300 e. The zero-order valence-electron chi connectivity index (χ0n) is 15.7. The molecular weight excluding hydrogens is 344 g/mol. The van der Waals surface area contributed by atoms with Crippen LogP contribution in [0.3, 0.4) is 0 Å². The number of aliphatic hydroxyl groups excluding tert-OH is 1. The molecule has 1 aromatic heterocycles. The van der Waals surface area contributed by atoms with E-state index in [0.29, 0.717) is 24.7 Å². The summed E-state index contributed by atoms with van der Waals surface area (Å²) in [5, 5.41) is 23.8. The molecular formula is C16H30N4O6. The van der Waals surface area contributed by atoms with E-state index in [9.17, 15) is 4.79 Å². The lowest BCUT2D eigenvalue weighted by molar-refractivity contribution is -0.135. The standard InChI is InChI=1S/C12H22N4O2.2C2H4O2/c1-9(2)7-10(13)12(18)16(5-6-17)8-11-14-3-4-15-11;2*1-2(3)4/h3-4,9-10,17H,5-8,13H2,1-2H3,(H,14,15);2*1H3,(H,3,4)/t10-;;/m0../s1. The molecule has 1 rings (SSSR count). The van der Waals surface area contributed by atoms with Crippen molar-refractivity contribution >= 4 is 17.8 Å². The first kappa shape index (κ1) is 25.8. The normalized spacial score (nSPS) is 10.7. The van der Waals surface area contributed by atoms with Gasteiger partial charge >= 0.3 is 0 Å². The van der Waals surface area contributed by atoms with Crippen LogP contribution < -0.4 is 5.73 Å². The first-order valence-electron chi connectivity index (χ1n) is 8.03. The van der Waals surface area contributed by atoms with Gasteiger partial charge in [0.25, 0.3) is 11.9 Å². The van der Waals surface area contributed by atoms with E-state index in [1.165, 1.54) is 4.90 Å². The fourth-order valence-electron chi connectivity index (χ4n) is 1.80. The van der Waals surface area contributed by atoms with Crippen molar-refractivity contribution in [3.63, 3.8) is 0 Å². The third-order valence-electron chi connectivity index (χ3n) is 2.62. The Kier molecular flexibility index (Phi) is 14.7. The van der Waals surface area contributed by atoms with E-state index < -0.39 is 18.0 Å². The number of aromatic amines is 1. The molecule has 10 heteroatoms. The van der Waals surface area contributed by atoms with Crippen LogP contribution >= 0.6 is 0 Å². The molecule has 0 fully saturated rings. The molecule has 0 bridgehead atoms. The Balaban J connectivity index is 0. The Morgan fingerprint density at radius 2 is 1.73 bits per heavy atom. The van der Waals surface area contributed by atoms with Crippen molar-refractivity contribution in [3.05, 3.63) is 18.2 Å². The van der Waals surface area contributed by atoms with Crippen molar-refractivity contribution in [2.75, 3.05) is 13.2 Å². The van der Waals surface area contributed by atoms with E-state index >= 15 is 0 Å². The molecule has 1 atom stereocenters. The van der Waals surface area contributed by atoms with Gasteiger partial charge in [0.05, 0.1) is 19.2 Å². The highest BCUT2D eigenvalue weighted by molar-refractivity contribution is 5.81. The van der Waals surface area contributed by atoms with Crippen molar-refractivity contribution in [2.45, 2.75) is 46.7 Å². The number of hydrogen-bond acceptors (Lipinski definition) is 6. The number of carbonyl (C=O) groups excluding carboxylic acids is 1. The van der Waals surface area contributed by atoms with Gasteiger partial charge in [-0.05, 0) is 12.3 Å². The fourth-order valence-corrected chi connectivity index (χ4v) is 1.80. The molecule has 150 valence electrons. The van der Waals surface area contributed by atoms with Crippen LogP contribution in [-0.4, -0.2) is 67.2 Å². The van der Waals surface area contributed by atoms with Crippen LogP contribution in [0, 0.1) is 5.92 Å². The van der Waals surface area contributed by atoms with Gasteiger partial charge in [-0.3, -0.25) is 14.4 Å². The van der Waals surface area contributed by atoms with Crippen LogP contribution in [0.1, 0.15) is 39.9 Å². The monoisotopic (exact) mass is 374 g/mol. The first-order valence-corrected chi connectivity index (χ1v) is 8.03. The van der Waals surface area contributed by atoms with E-state index in [2.05, 4.69) is 9.97 Å². The quantitative estimate of drug-likeness (QED) is 0.453. The predicted octanol–water partition coefficient (Wildman–Crippen LogP) is 0.286. The molecule has 6 N–H and O–H groups in total. The summed E-state index contributed by atoms with van der Waals surface area (Å²) >= 11 is 0. The highest BCUT2D eigenvalue weighted by Gasteiger charge is 2.22. The number of H-pyrrole nitrogens is 1. The molecule has 0 spiro atoms. The summed E-state index contributed by atoms with van der Waals surface area (Å²) in [5.74, 6) is -0.758. The molecule has 0 saturated heterocycles. The third-order valence-corrected chi connectivity index (χ3v) is 2.62. The first-order chi connectivity index (χ1) is 12.0. The second-order valence-electron chi connectivity index (χ2n) is 5.79. The van der Waals surface area contributed by atoms with Gasteiger partial charge in [0.1, 0.15) is 5.82 Å². The number of carboxylic acid groups (broad SMARTS) is 2. The molecule has 0 radical (unpaired) electrons. The average Bonchev–Trinajstić information content (AvgIpc) is 2.97. The minimum absolute atomic E-state index is 0.0825. The molecule has 10 nitrogen and oxygen atoms in total. The van der Waals surface area contributed by atoms with Crippen molar-refractivity contribution in [3.8, 4) is 0 Å². The number of imidazole rings is 1. The van der Waals surface area contributed by atoms with Crippen LogP contribution in [0.15, 0.2) is 12.4 Å². The van der Waals surface area contributed by atoms with Crippen molar-refractivity contribution in [1.29, 1.82) is 0 Å². The molecule has 0 aromatic carbocycles. The summed E-state index contributed by atoms with van der Waals surface area (Å²) in [6.07, 6.45) is 3.97. The summed E-state index contributed by atoms with van der Waals surface area (Å²) in [7, 11) is 0. The largest absolute Gasteiger partial charge is 0.481 e. The van der Waals surface area contributed by atoms with Crippen molar-refractivity contribution in [2.24, 2.45) is 11.7 Å². The van der Waals surface area contributed by atoms with Crippen LogP contribution in [-0.2, 0) is 20.9 Å². The number of hydrogen-bond donors (Lipinski definition) is 5. The summed E-state index contributed by atoms with van der Waals surface area (Å²) in [5.41, 5.74) is 5.87. The van der Waals surface area contributed by atoms with Gasteiger partial charge in [0.15, 0.2) is 0 Å². The highest BCUT2D eigenvalue weighted by atomic mass is 16.4. The maximum Gasteiger partial charge on any atom is 0.300 e. The minimum Gasteiger partial charge on any atom is -0.481 e. The fraction of sp³-hybridized carbons (Fsp3) is 0.625. The number of aromatic nitrogens is 2. The van der Waals surface area contributed by atoms with Crippen LogP contribution in [0.25, 0.3) is 0 Å². The molecule has 1 heterocycles. The molecule has 0 aliphatic rings. The SMILES string of the molecule is CC(=O)O.CC(=O)O.CC(C)C[C@H](N)C(=O)N(CCO)Cc1ncc[nH]1. The van der Waals surface area contributed by atoms with Gasteiger partial charge in [0.2, 0.25) is 5.91 Å². The Morgan fingerprint density at radius 1 is 1.23 bits per heavy atom. The van der Waals surface area contributed by atoms with Gasteiger partial charge in [0, 0.05) is 32.8 Å². The molecule has 26 heavy (non-hydrogen) atoms. The minimum atomic E-state index is -0.833. The topological polar surface area (TPSA) is 170 Å². The Morgan fingerprint density at radius 3 is 2.08 bits per heavy atom. The molecule has 0 saturated carbocycles. The lowest BCUT2D eigenvalue weighted by Gasteiger charge is -2.25. The van der Waals surface area contributed by atoms with Crippen LogP contribution in [0.5, 0.6) is 0 Å². The number of amides is 1. The van der Waals surface area contributed by atoms with E-state index in [0.717, 1.165) is 13.8 Å². The lowest BCUT2D eigenvalue weighted by Crippen LogP contribution is -2.45. The molecule has 1 aromatic rings. The maximum atomic E-state index is 12.1. The maximum absolute atomic E-state index is 12.1. The average molecular weight is 374 g/mol. The van der Waals surface area contributed by atoms with Crippen LogP contribution in [0.4, 0.5) is 0 Å². The number of carbonyl (C=O) groups is 3. The van der Waals surface area contributed by atoms with E-state index in [-0.39, 0.29) is 19.1 Å². The van der Waals surface area contributed by atoms with Gasteiger partial charge in [-0.1, -0.05) is 13.8 Å². The number of aliphatic carboxylic acids is 2. The molecule has 0 aliphatic heterocycles. The molecule has 1 amide bonds. The van der Waals surface area contributed by atoms with E-state index in [1.807, 2.05) is 13.8 Å². The van der Waals surface area contributed by atoms with Crippen LogP contribution in [0.2, 0.25) is 0 Å². The Labute approximate surface area is 153 Å². The summed E-state index contributed by atoms with van der Waals surface area (Å²) in [6.45, 7) is 6.75. The third kappa shape index (κ3) is 16.4. The van der Waals surface area contributed by atoms with Crippen molar-refractivity contribution in [1.82, 2.24) is 14.9 Å². The number of nitrogens with zero attached hydrogens (tertiary/aromatic N) is 2. The molecule has 0 unspecified atom stereocenters. The highest BCUT2D eigenvalue weighted by Crippen LogP contribution is 2.07. The number of carboxylic acids is 2. The number of nitrogens with two attached hydrogens (primary N) is 1. The predicted molar refractivity (Wildman–Crippen MR) is 95.1 cm³/mol.